The van der Waals surface area contributed by atoms with E-state index in [0.717, 1.165) is 18.4 Å². The van der Waals surface area contributed by atoms with E-state index in [1.165, 1.54) is 38.9 Å². The molecule has 2 saturated carbocycles. The molecule has 3 aliphatic rings. The van der Waals surface area contributed by atoms with Crippen molar-refractivity contribution in [2.45, 2.75) is 19.3 Å². The van der Waals surface area contributed by atoms with Gasteiger partial charge >= 0.3 is 0 Å². The molecular formula is C11H19NO. The van der Waals surface area contributed by atoms with Gasteiger partial charge in [0.15, 0.2) is 0 Å². The van der Waals surface area contributed by atoms with Crippen LogP contribution in [0.4, 0.5) is 0 Å². The SMILES string of the molecule is COCC1(CN2CC3CC3C2)CC1. The normalized spacial score (nSPS) is 40.4. The molecule has 0 bridgehead atoms. The number of likely N-dealkylation sites (tertiary alicyclic amines) is 1. The third kappa shape index (κ3) is 1.50. The lowest BCUT2D eigenvalue weighted by atomic mass is 10.1. The lowest BCUT2D eigenvalue weighted by Gasteiger charge is -2.23. The smallest absolute Gasteiger partial charge is 0.0530 e. The summed E-state index contributed by atoms with van der Waals surface area (Å²) in [4.78, 5) is 2.67. The molecule has 1 aliphatic heterocycles. The maximum Gasteiger partial charge on any atom is 0.0530 e. The van der Waals surface area contributed by atoms with Crippen LogP contribution in [-0.4, -0.2) is 38.3 Å². The Morgan fingerprint density at radius 1 is 1.31 bits per heavy atom. The number of methoxy groups -OCH3 is 1. The molecule has 2 nitrogen and oxygen atoms in total. The Labute approximate surface area is 80.2 Å². The topological polar surface area (TPSA) is 12.5 Å². The third-order valence-electron chi connectivity index (χ3n) is 4.02. The molecule has 2 heteroatoms. The zero-order valence-corrected chi connectivity index (χ0v) is 8.46. The van der Waals surface area contributed by atoms with Crippen LogP contribution < -0.4 is 0 Å². The van der Waals surface area contributed by atoms with E-state index < -0.39 is 0 Å². The number of hydrogen-bond acceptors (Lipinski definition) is 2. The molecule has 0 N–H and O–H groups in total. The average molecular weight is 181 g/mol. The Morgan fingerprint density at radius 3 is 2.54 bits per heavy atom. The molecule has 1 saturated heterocycles. The highest BCUT2D eigenvalue weighted by atomic mass is 16.5. The summed E-state index contributed by atoms with van der Waals surface area (Å²) < 4.78 is 5.29. The van der Waals surface area contributed by atoms with E-state index in [2.05, 4.69) is 4.90 Å². The molecule has 0 spiro atoms. The van der Waals surface area contributed by atoms with Crippen LogP contribution in [0.2, 0.25) is 0 Å². The maximum absolute atomic E-state index is 5.29. The Hall–Kier alpha value is -0.0800. The van der Waals surface area contributed by atoms with Gasteiger partial charge < -0.3 is 9.64 Å². The summed E-state index contributed by atoms with van der Waals surface area (Å²) in [6.07, 6.45) is 4.31. The molecular weight excluding hydrogens is 162 g/mol. The lowest BCUT2D eigenvalue weighted by Crippen LogP contribution is -2.32. The fourth-order valence-corrected chi connectivity index (χ4v) is 2.93. The van der Waals surface area contributed by atoms with Crippen molar-refractivity contribution in [1.82, 2.24) is 4.90 Å². The van der Waals surface area contributed by atoms with Crippen LogP contribution in [-0.2, 0) is 4.74 Å². The van der Waals surface area contributed by atoms with E-state index in [9.17, 15) is 0 Å². The molecule has 0 aromatic heterocycles. The molecule has 2 unspecified atom stereocenters. The zero-order valence-electron chi connectivity index (χ0n) is 8.46. The van der Waals surface area contributed by atoms with Gasteiger partial charge in [-0.1, -0.05) is 0 Å². The summed E-state index contributed by atoms with van der Waals surface area (Å²) in [7, 11) is 1.83. The van der Waals surface area contributed by atoms with Gasteiger partial charge in [-0.2, -0.15) is 0 Å². The van der Waals surface area contributed by atoms with Crippen LogP contribution in [0.25, 0.3) is 0 Å². The summed E-state index contributed by atoms with van der Waals surface area (Å²) in [5.41, 5.74) is 0.575. The number of ether oxygens (including phenoxy) is 1. The molecule has 1 heterocycles. The highest BCUT2D eigenvalue weighted by molar-refractivity contribution is 5.02. The molecule has 3 fully saturated rings. The van der Waals surface area contributed by atoms with Crippen molar-refractivity contribution in [1.29, 1.82) is 0 Å². The van der Waals surface area contributed by atoms with Crippen molar-refractivity contribution in [2.24, 2.45) is 17.3 Å². The summed E-state index contributed by atoms with van der Waals surface area (Å²) in [6.45, 7) is 5.07. The Kier molecular flexibility index (Phi) is 1.72. The van der Waals surface area contributed by atoms with Gasteiger partial charge in [-0.3, -0.25) is 0 Å². The highest BCUT2D eigenvalue weighted by Crippen LogP contribution is 2.50. The maximum atomic E-state index is 5.29. The summed E-state index contributed by atoms with van der Waals surface area (Å²) in [6, 6.07) is 0. The summed E-state index contributed by atoms with van der Waals surface area (Å²) in [5, 5.41) is 0. The first-order chi connectivity index (χ1) is 6.31. The van der Waals surface area contributed by atoms with Crippen LogP contribution in [0.1, 0.15) is 19.3 Å². The van der Waals surface area contributed by atoms with Gasteiger partial charge in [-0.25, -0.2) is 0 Å². The predicted octanol–water partition coefficient (Wildman–Crippen LogP) is 1.36. The van der Waals surface area contributed by atoms with E-state index in [-0.39, 0.29) is 0 Å². The van der Waals surface area contributed by atoms with Gasteiger partial charge in [0, 0.05) is 32.2 Å². The first kappa shape index (κ1) is 8.25. The largest absolute Gasteiger partial charge is 0.384 e. The van der Waals surface area contributed by atoms with Crippen LogP contribution >= 0.6 is 0 Å². The Balaban J connectivity index is 1.51. The van der Waals surface area contributed by atoms with Gasteiger partial charge in [0.2, 0.25) is 0 Å². The van der Waals surface area contributed by atoms with Gasteiger partial charge in [-0.15, -0.1) is 0 Å². The quantitative estimate of drug-likeness (QED) is 0.649. The van der Waals surface area contributed by atoms with E-state index in [0.29, 0.717) is 5.41 Å². The average Bonchev–Trinajstić information content (AvgIpc) is 2.96. The lowest BCUT2D eigenvalue weighted by molar-refractivity contribution is 0.112. The molecule has 0 aromatic carbocycles. The molecule has 3 rings (SSSR count). The fourth-order valence-electron chi connectivity index (χ4n) is 2.93. The first-order valence-corrected chi connectivity index (χ1v) is 5.53. The molecule has 2 aliphatic carbocycles. The first-order valence-electron chi connectivity index (χ1n) is 5.53. The number of nitrogens with zero attached hydrogens (tertiary/aromatic N) is 1. The van der Waals surface area contributed by atoms with E-state index >= 15 is 0 Å². The van der Waals surface area contributed by atoms with Gasteiger partial charge in [0.25, 0.3) is 0 Å². The molecule has 13 heavy (non-hydrogen) atoms. The standard InChI is InChI=1S/C11H19NO/c1-13-8-11(2-3-11)7-12-5-9-4-10(9)6-12/h9-10H,2-8H2,1H3. The fraction of sp³-hybridized carbons (Fsp3) is 1.00. The number of piperidine rings is 1. The molecule has 0 amide bonds. The Bertz CT molecular complexity index is 202. The second-order valence-corrected chi connectivity index (χ2v) is 5.38. The van der Waals surface area contributed by atoms with Crippen LogP contribution in [0.5, 0.6) is 0 Å². The van der Waals surface area contributed by atoms with Gasteiger partial charge in [0.1, 0.15) is 0 Å². The minimum Gasteiger partial charge on any atom is -0.384 e. The minimum absolute atomic E-state index is 0.575. The van der Waals surface area contributed by atoms with Crippen LogP contribution in [0.15, 0.2) is 0 Å². The molecule has 0 radical (unpaired) electrons. The van der Waals surface area contributed by atoms with Crippen molar-refractivity contribution in [3.05, 3.63) is 0 Å². The Morgan fingerprint density at radius 2 is 2.00 bits per heavy atom. The molecule has 74 valence electrons. The number of hydrogen-bond donors (Lipinski definition) is 0. The van der Waals surface area contributed by atoms with Crippen molar-refractivity contribution in [3.8, 4) is 0 Å². The van der Waals surface area contributed by atoms with Crippen molar-refractivity contribution < 1.29 is 4.74 Å². The predicted molar refractivity (Wildman–Crippen MR) is 51.6 cm³/mol. The second-order valence-electron chi connectivity index (χ2n) is 5.38. The third-order valence-corrected chi connectivity index (χ3v) is 4.02. The number of rotatable bonds is 4. The van der Waals surface area contributed by atoms with E-state index in [1.54, 1.807) is 0 Å². The molecule has 2 atom stereocenters. The van der Waals surface area contributed by atoms with E-state index in [1.807, 2.05) is 7.11 Å². The van der Waals surface area contributed by atoms with Crippen LogP contribution in [0, 0.1) is 17.3 Å². The zero-order chi connectivity index (χ0) is 8.89. The number of fused-ring (bicyclic) bond motifs is 1. The van der Waals surface area contributed by atoms with Crippen molar-refractivity contribution >= 4 is 0 Å². The monoisotopic (exact) mass is 181 g/mol. The summed E-state index contributed by atoms with van der Waals surface area (Å²) in [5.74, 6) is 2.16. The van der Waals surface area contributed by atoms with Crippen LogP contribution in [0.3, 0.4) is 0 Å². The second kappa shape index (κ2) is 2.71. The summed E-state index contributed by atoms with van der Waals surface area (Å²) >= 11 is 0. The molecule has 0 aromatic rings. The van der Waals surface area contributed by atoms with Crippen molar-refractivity contribution in [3.63, 3.8) is 0 Å². The van der Waals surface area contributed by atoms with Crippen molar-refractivity contribution in [2.75, 3.05) is 33.4 Å². The minimum atomic E-state index is 0.575. The van der Waals surface area contributed by atoms with E-state index in [4.69, 9.17) is 4.74 Å². The highest BCUT2D eigenvalue weighted by Gasteiger charge is 2.50. The van der Waals surface area contributed by atoms with Gasteiger partial charge in [-0.05, 0) is 31.1 Å². The van der Waals surface area contributed by atoms with Gasteiger partial charge in [0.05, 0.1) is 6.61 Å².